The van der Waals surface area contributed by atoms with Crippen molar-refractivity contribution in [3.05, 3.63) is 99.6 Å². The SMILES string of the molecule is COc1cc([N+](=O)[O-])ccc1NC(=O)c1ccc(C(=O)c2ccccc2)cc1. The zero-order chi connectivity index (χ0) is 20.1. The summed E-state index contributed by atoms with van der Waals surface area (Å²) in [6.45, 7) is 0. The maximum atomic E-state index is 12.5. The zero-order valence-electron chi connectivity index (χ0n) is 14.9. The molecule has 7 heteroatoms. The molecule has 3 aromatic carbocycles. The molecule has 3 rings (SSSR count). The Bertz CT molecular complexity index is 1030. The third kappa shape index (κ3) is 4.04. The van der Waals surface area contributed by atoms with E-state index in [1.54, 1.807) is 48.5 Å². The van der Waals surface area contributed by atoms with Crippen molar-refractivity contribution in [3.8, 4) is 5.75 Å². The van der Waals surface area contributed by atoms with Gasteiger partial charge in [-0.2, -0.15) is 0 Å². The van der Waals surface area contributed by atoms with Gasteiger partial charge in [-0.15, -0.1) is 0 Å². The number of ether oxygens (including phenoxy) is 1. The van der Waals surface area contributed by atoms with E-state index >= 15 is 0 Å². The number of methoxy groups -OCH3 is 1. The highest BCUT2D eigenvalue weighted by Gasteiger charge is 2.15. The van der Waals surface area contributed by atoms with Crippen LogP contribution in [0.2, 0.25) is 0 Å². The molecule has 0 aliphatic rings. The van der Waals surface area contributed by atoms with Gasteiger partial charge in [0.15, 0.2) is 5.78 Å². The Kier molecular flexibility index (Phi) is 5.45. The number of hydrogen-bond acceptors (Lipinski definition) is 5. The van der Waals surface area contributed by atoms with Gasteiger partial charge in [-0.25, -0.2) is 0 Å². The second-order valence-electron chi connectivity index (χ2n) is 5.87. The summed E-state index contributed by atoms with van der Waals surface area (Å²) in [5.74, 6) is -0.381. The summed E-state index contributed by atoms with van der Waals surface area (Å²) in [6.07, 6.45) is 0. The van der Waals surface area contributed by atoms with E-state index in [9.17, 15) is 19.7 Å². The van der Waals surface area contributed by atoms with Crippen molar-refractivity contribution in [3.63, 3.8) is 0 Å². The summed E-state index contributed by atoms with van der Waals surface area (Å²) >= 11 is 0. The fourth-order valence-corrected chi connectivity index (χ4v) is 2.62. The van der Waals surface area contributed by atoms with Crippen LogP contribution in [0.4, 0.5) is 11.4 Å². The van der Waals surface area contributed by atoms with Crippen LogP contribution in [-0.2, 0) is 0 Å². The van der Waals surface area contributed by atoms with Crippen LogP contribution in [0, 0.1) is 10.1 Å². The summed E-state index contributed by atoms with van der Waals surface area (Å²) in [4.78, 5) is 35.2. The highest BCUT2D eigenvalue weighted by atomic mass is 16.6. The minimum Gasteiger partial charge on any atom is -0.494 e. The van der Waals surface area contributed by atoms with Gasteiger partial charge in [0, 0.05) is 22.8 Å². The standard InChI is InChI=1S/C21H16N2O5/c1-28-19-13-17(23(26)27)11-12-18(19)22-21(25)16-9-7-15(8-10-16)20(24)14-5-3-2-4-6-14/h2-13H,1H3,(H,22,25). The van der Waals surface area contributed by atoms with Crippen LogP contribution in [-0.4, -0.2) is 23.7 Å². The van der Waals surface area contributed by atoms with Crippen molar-refractivity contribution in [2.45, 2.75) is 0 Å². The predicted molar refractivity (Wildman–Crippen MR) is 104 cm³/mol. The topological polar surface area (TPSA) is 98.5 Å². The van der Waals surface area contributed by atoms with Gasteiger partial charge in [0.25, 0.3) is 11.6 Å². The van der Waals surface area contributed by atoms with Crippen molar-refractivity contribution >= 4 is 23.1 Å². The van der Waals surface area contributed by atoms with E-state index in [1.807, 2.05) is 6.07 Å². The van der Waals surface area contributed by atoms with Gasteiger partial charge in [-0.3, -0.25) is 19.7 Å². The minimum atomic E-state index is -0.545. The third-order valence-electron chi connectivity index (χ3n) is 4.09. The number of non-ortho nitro benzene ring substituents is 1. The first-order valence-corrected chi connectivity index (χ1v) is 8.33. The Labute approximate surface area is 160 Å². The lowest BCUT2D eigenvalue weighted by Crippen LogP contribution is -2.13. The number of rotatable bonds is 6. The quantitative estimate of drug-likeness (QED) is 0.397. The second kappa shape index (κ2) is 8.13. The molecule has 0 bridgehead atoms. The number of hydrogen-bond donors (Lipinski definition) is 1. The Balaban J connectivity index is 1.77. The molecule has 0 saturated heterocycles. The van der Waals surface area contributed by atoms with Gasteiger partial charge in [0.2, 0.25) is 0 Å². The monoisotopic (exact) mass is 376 g/mol. The van der Waals surface area contributed by atoms with Gasteiger partial charge < -0.3 is 10.1 Å². The molecule has 0 unspecified atom stereocenters. The first kappa shape index (κ1) is 18.8. The van der Waals surface area contributed by atoms with E-state index in [-0.39, 0.29) is 17.2 Å². The number of amides is 1. The molecule has 0 aromatic heterocycles. The average Bonchev–Trinajstić information content (AvgIpc) is 2.74. The van der Waals surface area contributed by atoms with Crippen LogP contribution >= 0.6 is 0 Å². The fourth-order valence-electron chi connectivity index (χ4n) is 2.62. The molecule has 1 amide bonds. The highest BCUT2D eigenvalue weighted by molar-refractivity contribution is 6.10. The molecule has 0 atom stereocenters. The summed E-state index contributed by atoms with van der Waals surface area (Å²) in [5.41, 5.74) is 1.54. The van der Waals surface area contributed by atoms with Crippen LogP contribution in [0.1, 0.15) is 26.3 Å². The molecule has 0 saturated carbocycles. The van der Waals surface area contributed by atoms with E-state index < -0.39 is 10.8 Å². The van der Waals surface area contributed by atoms with Gasteiger partial charge in [0.05, 0.1) is 23.8 Å². The molecule has 7 nitrogen and oxygen atoms in total. The summed E-state index contributed by atoms with van der Waals surface area (Å²) in [5, 5.41) is 13.5. The fraction of sp³-hybridized carbons (Fsp3) is 0.0476. The molecule has 28 heavy (non-hydrogen) atoms. The van der Waals surface area contributed by atoms with Crippen molar-refractivity contribution in [1.29, 1.82) is 0 Å². The lowest BCUT2D eigenvalue weighted by Gasteiger charge is -2.10. The van der Waals surface area contributed by atoms with Crippen molar-refractivity contribution in [1.82, 2.24) is 0 Å². The van der Waals surface area contributed by atoms with E-state index in [2.05, 4.69) is 5.32 Å². The van der Waals surface area contributed by atoms with Crippen molar-refractivity contribution in [2.75, 3.05) is 12.4 Å². The van der Waals surface area contributed by atoms with Gasteiger partial charge in [-0.05, 0) is 18.2 Å². The molecular formula is C21H16N2O5. The molecule has 0 aliphatic heterocycles. The van der Waals surface area contributed by atoms with E-state index in [0.717, 1.165) is 0 Å². The molecule has 0 fully saturated rings. The largest absolute Gasteiger partial charge is 0.494 e. The number of nitro benzene ring substituents is 1. The van der Waals surface area contributed by atoms with Gasteiger partial charge in [0.1, 0.15) is 5.75 Å². The van der Waals surface area contributed by atoms with Crippen LogP contribution < -0.4 is 10.1 Å². The Morgan fingerprint density at radius 3 is 2.11 bits per heavy atom. The highest BCUT2D eigenvalue weighted by Crippen LogP contribution is 2.29. The molecule has 140 valence electrons. The molecule has 0 aliphatic carbocycles. The predicted octanol–water partition coefficient (Wildman–Crippen LogP) is 4.09. The molecule has 0 radical (unpaired) electrons. The number of benzene rings is 3. The van der Waals surface area contributed by atoms with Crippen molar-refractivity contribution in [2.24, 2.45) is 0 Å². The Hall–Kier alpha value is -4.00. The molecule has 1 N–H and O–H groups in total. The Morgan fingerprint density at radius 2 is 1.50 bits per heavy atom. The second-order valence-corrected chi connectivity index (χ2v) is 5.87. The average molecular weight is 376 g/mol. The lowest BCUT2D eigenvalue weighted by atomic mass is 10.0. The van der Waals surface area contributed by atoms with Crippen LogP contribution in [0.15, 0.2) is 72.8 Å². The third-order valence-corrected chi connectivity index (χ3v) is 4.09. The maximum absolute atomic E-state index is 12.5. The van der Waals surface area contributed by atoms with Crippen LogP contribution in [0.25, 0.3) is 0 Å². The summed E-state index contributed by atoms with van der Waals surface area (Å²) in [7, 11) is 1.36. The minimum absolute atomic E-state index is 0.135. The number of anilines is 1. The van der Waals surface area contributed by atoms with Crippen molar-refractivity contribution < 1.29 is 19.2 Å². The number of nitrogens with zero attached hydrogens (tertiary/aromatic N) is 1. The molecule has 0 heterocycles. The molecule has 3 aromatic rings. The molecule has 0 spiro atoms. The number of carbonyl (C=O) groups excluding carboxylic acids is 2. The first-order valence-electron chi connectivity index (χ1n) is 8.33. The summed E-state index contributed by atoms with van der Waals surface area (Å²) < 4.78 is 5.11. The number of ketones is 1. The summed E-state index contributed by atoms with van der Waals surface area (Å²) in [6, 6.07) is 19.0. The number of nitrogens with one attached hydrogen (secondary N) is 1. The van der Waals surface area contributed by atoms with E-state index in [1.165, 1.54) is 25.3 Å². The smallest absolute Gasteiger partial charge is 0.273 e. The Morgan fingerprint density at radius 1 is 0.893 bits per heavy atom. The normalized spacial score (nSPS) is 10.2. The number of nitro groups is 1. The molecular weight excluding hydrogens is 360 g/mol. The lowest BCUT2D eigenvalue weighted by molar-refractivity contribution is -0.384. The van der Waals surface area contributed by atoms with Crippen LogP contribution in [0.5, 0.6) is 5.75 Å². The van der Waals surface area contributed by atoms with Gasteiger partial charge >= 0.3 is 0 Å². The van der Waals surface area contributed by atoms with E-state index in [0.29, 0.717) is 22.4 Å². The zero-order valence-corrected chi connectivity index (χ0v) is 14.9. The van der Waals surface area contributed by atoms with Crippen LogP contribution in [0.3, 0.4) is 0 Å². The van der Waals surface area contributed by atoms with Gasteiger partial charge in [-0.1, -0.05) is 42.5 Å². The first-order chi connectivity index (χ1) is 13.5. The maximum Gasteiger partial charge on any atom is 0.273 e. The van der Waals surface area contributed by atoms with E-state index in [4.69, 9.17) is 4.74 Å². The number of carbonyl (C=O) groups is 2.